The Morgan fingerprint density at radius 2 is 2.04 bits per heavy atom. The van der Waals surface area contributed by atoms with E-state index in [2.05, 4.69) is 10.6 Å². The Bertz CT molecular complexity index is 586. The molecule has 2 saturated heterocycles. The number of fused-ring (bicyclic) bond motifs is 1. The van der Waals surface area contributed by atoms with Gasteiger partial charge in [0.1, 0.15) is 0 Å². The number of amides is 2. The first-order valence-corrected chi connectivity index (χ1v) is 8.59. The van der Waals surface area contributed by atoms with Crippen molar-refractivity contribution in [3.63, 3.8) is 0 Å². The first-order chi connectivity index (χ1) is 11.0. The molecule has 2 aliphatic heterocycles. The minimum Gasteiger partial charge on any atom is -0.492 e. The molecule has 3 rings (SSSR count). The van der Waals surface area contributed by atoms with Gasteiger partial charge in [-0.25, -0.2) is 9.59 Å². The number of rotatable bonds is 6. The summed E-state index contributed by atoms with van der Waals surface area (Å²) in [5, 5.41) is 25.0. The lowest BCUT2D eigenvalue weighted by Crippen LogP contribution is -2.36. The summed E-state index contributed by atoms with van der Waals surface area (Å²) in [7, 11) is 0. The predicted octanol–water partition coefficient (Wildman–Crippen LogP) is 0.580. The summed E-state index contributed by atoms with van der Waals surface area (Å²) in [5.41, 5.74) is 0. The van der Waals surface area contributed by atoms with Crippen LogP contribution in [0.2, 0.25) is 0 Å². The second-order valence-electron chi connectivity index (χ2n) is 5.68. The third kappa shape index (κ3) is 3.49. The van der Waals surface area contributed by atoms with Gasteiger partial charge in [0.25, 0.3) is 0 Å². The number of carbonyl (C=O) groups excluding carboxylic acids is 2. The Labute approximate surface area is 137 Å². The van der Waals surface area contributed by atoms with Crippen molar-refractivity contribution >= 4 is 23.8 Å². The molecule has 9 heteroatoms. The quantitative estimate of drug-likeness (QED) is 0.445. The molecule has 0 aromatic carbocycles. The number of urea groups is 1. The van der Waals surface area contributed by atoms with Gasteiger partial charge < -0.3 is 25.7 Å². The number of hydrogen-bond donors (Lipinski definition) is 4. The zero-order valence-electron chi connectivity index (χ0n) is 12.4. The normalized spacial score (nSPS) is 25.7. The Hall–Kier alpha value is -2.03. The number of aromatic hydroxyl groups is 2. The number of unbranched alkanes of at least 4 members (excludes halogenated alkanes) is 1. The van der Waals surface area contributed by atoms with Gasteiger partial charge in [0.05, 0.1) is 12.1 Å². The maximum atomic E-state index is 11.7. The van der Waals surface area contributed by atoms with E-state index in [1.165, 1.54) is 12.1 Å². The number of thioether (sulfide) groups is 1. The molecule has 126 valence electrons. The van der Waals surface area contributed by atoms with E-state index < -0.39 is 5.97 Å². The fourth-order valence-corrected chi connectivity index (χ4v) is 4.44. The third-order valence-electron chi connectivity index (χ3n) is 4.05. The van der Waals surface area contributed by atoms with Gasteiger partial charge >= 0.3 is 12.0 Å². The van der Waals surface area contributed by atoms with Gasteiger partial charge in [-0.05, 0) is 12.8 Å². The molecule has 2 amide bonds. The minimum atomic E-state index is -0.514. The number of nitrogens with zero attached hydrogens (tertiary/aromatic N) is 1. The Kier molecular flexibility index (Phi) is 4.56. The van der Waals surface area contributed by atoms with Gasteiger partial charge in [0, 0.05) is 29.6 Å². The van der Waals surface area contributed by atoms with E-state index in [1.807, 2.05) is 11.8 Å². The largest absolute Gasteiger partial charge is 0.492 e. The van der Waals surface area contributed by atoms with E-state index in [4.69, 9.17) is 4.84 Å². The van der Waals surface area contributed by atoms with Crippen LogP contribution in [0.15, 0.2) is 12.1 Å². The Morgan fingerprint density at radius 1 is 1.30 bits per heavy atom. The summed E-state index contributed by atoms with van der Waals surface area (Å²) >= 11 is 1.84. The SMILES string of the molecule is O=C1N[C@H]2[C@H](CS[C@H]2CCCCC(=O)On2c(O)ccc2O)N1. The van der Waals surface area contributed by atoms with Crippen molar-refractivity contribution in [1.29, 1.82) is 0 Å². The van der Waals surface area contributed by atoms with Crippen molar-refractivity contribution in [1.82, 2.24) is 15.4 Å². The van der Waals surface area contributed by atoms with Gasteiger partial charge in [-0.2, -0.15) is 11.8 Å². The molecule has 0 saturated carbocycles. The van der Waals surface area contributed by atoms with E-state index in [1.54, 1.807) is 0 Å². The van der Waals surface area contributed by atoms with Crippen LogP contribution in [-0.4, -0.2) is 50.0 Å². The molecular weight excluding hydrogens is 322 g/mol. The highest BCUT2D eigenvalue weighted by atomic mass is 32.2. The molecule has 0 radical (unpaired) electrons. The molecule has 0 unspecified atom stereocenters. The van der Waals surface area contributed by atoms with E-state index in [9.17, 15) is 19.8 Å². The maximum absolute atomic E-state index is 11.7. The predicted molar refractivity (Wildman–Crippen MR) is 83.3 cm³/mol. The fraction of sp³-hybridized carbons (Fsp3) is 0.571. The lowest BCUT2D eigenvalue weighted by atomic mass is 10.0. The Morgan fingerprint density at radius 3 is 2.78 bits per heavy atom. The molecule has 8 nitrogen and oxygen atoms in total. The summed E-state index contributed by atoms with van der Waals surface area (Å²) in [5.74, 6) is -0.246. The van der Waals surface area contributed by atoms with Crippen LogP contribution >= 0.6 is 11.8 Å². The van der Waals surface area contributed by atoms with Crippen molar-refractivity contribution in [2.45, 2.75) is 43.0 Å². The molecular formula is C14H19N3O5S. The first kappa shape index (κ1) is 15.9. The summed E-state index contributed by atoms with van der Waals surface area (Å²) in [6.45, 7) is 0. The van der Waals surface area contributed by atoms with Crippen molar-refractivity contribution in [2.24, 2.45) is 0 Å². The standard InChI is InChI=1S/C14H19N3O5S/c18-10-5-6-11(19)17(10)22-12(20)4-2-1-3-9-13-8(7-23-9)15-14(21)16-13/h5-6,8-9,13,18-19H,1-4,7H2,(H2,15,16,21)/t8-,9-,13-/m0/s1. The van der Waals surface area contributed by atoms with E-state index >= 15 is 0 Å². The van der Waals surface area contributed by atoms with Crippen molar-refractivity contribution < 1.29 is 24.6 Å². The lowest BCUT2D eigenvalue weighted by Gasteiger charge is -2.16. The summed E-state index contributed by atoms with van der Waals surface area (Å²) in [4.78, 5) is 27.9. The van der Waals surface area contributed by atoms with Crippen LogP contribution in [0.5, 0.6) is 11.8 Å². The van der Waals surface area contributed by atoms with Crippen LogP contribution in [0, 0.1) is 0 Å². The average molecular weight is 341 g/mol. The minimum absolute atomic E-state index is 0.0970. The number of hydrogen-bond acceptors (Lipinski definition) is 6. The smallest absolute Gasteiger partial charge is 0.333 e. The zero-order chi connectivity index (χ0) is 16.4. The van der Waals surface area contributed by atoms with Gasteiger partial charge in [0.2, 0.25) is 11.8 Å². The summed E-state index contributed by atoms with van der Waals surface area (Å²) < 4.78 is 0.694. The Balaban J connectivity index is 1.37. The summed E-state index contributed by atoms with van der Waals surface area (Å²) in [6, 6.07) is 2.76. The molecule has 0 bridgehead atoms. The zero-order valence-corrected chi connectivity index (χ0v) is 13.2. The molecule has 0 spiro atoms. The number of nitrogens with one attached hydrogen (secondary N) is 2. The second-order valence-corrected chi connectivity index (χ2v) is 6.95. The van der Waals surface area contributed by atoms with Crippen molar-refractivity contribution in [3.8, 4) is 11.8 Å². The first-order valence-electron chi connectivity index (χ1n) is 7.54. The highest BCUT2D eigenvalue weighted by Crippen LogP contribution is 2.33. The molecule has 2 fully saturated rings. The molecule has 2 aliphatic rings. The topological polar surface area (TPSA) is 113 Å². The van der Waals surface area contributed by atoms with Crippen LogP contribution in [0.3, 0.4) is 0 Å². The van der Waals surface area contributed by atoms with Gasteiger partial charge in [-0.3, -0.25) is 0 Å². The highest BCUT2D eigenvalue weighted by molar-refractivity contribution is 8.00. The molecule has 0 aliphatic carbocycles. The van der Waals surface area contributed by atoms with E-state index in [0.29, 0.717) is 16.4 Å². The van der Waals surface area contributed by atoms with Crippen LogP contribution in [0.25, 0.3) is 0 Å². The van der Waals surface area contributed by atoms with Crippen LogP contribution in [0.4, 0.5) is 4.79 Å². The summed E-state index contributed by atoms with van der Waals surface area (Å²) in [6.07, 6.45) is 2.61. The number of aromatic nitrogens is 1. The lowest BCUT2D eigenvalue weighted by molar-refractivity contribution is -0.145. The van der Waals surface area contributed by atoms with Crippen LogP contribution < -0.4 is 15.5 Å². The van der Waals surface area contributed by atoms with E-state index in [0.717, 1.165) is 18.6 Å². The molecule has 1 aromatic heterocycles. The van der Waals surface area contributed by atoms with Gasteiger partial charge in [-0.1, -0.05) is 6.42 Å². The molecule has 3 heterocycles. The van der Waals surface area contributed by atoms with Crippen molar-refractivity contribution in [2.75, 3.05) is 5.75 Å². The number of carbonyl (C=O) groups is 2. The molecule has 23 heavy (non-hydrogen) atoms. The highest BCUT2D eigenvalue weighted by Gasteiger charge is 2.42. The maximum Gasteiger partial charge on any atom is 0.333 e. The molecule has 4 N–H and O–H groups in total. The second kappa shape index (κ2) is 6.61. The average Bonchev–Trinajstić information content (AvgIpc) is 3.14. The van der Waals surface area contributed by atoms with Crippen LogP contribution in [-0.2, 0) is 4.79 Å². The van der Waals surface area contributed by atoms with Crippen LogP contribution in [0.1, 0.15) is 25.7 Å². The third-order valence-corrected chi connectivity index (χ3v) is 5.56. The monoisotopic (exact) mass is 341 g/mol. The van der Waals surface area contributed by atoms with E-state index in [-0.39, 0.29) is 36.3 Å². The molecule has 3 atom stereocenters. The van der Waals surface area contributed by atoms with Crippen molar-refractivity contribution in [3.05, 3.63) is 12.1 Å². The molecule has 1 aromatic rings. The fourth-order valence-electron chi connectivity index (χ4n) is 2.90. The van der Waals surface area contributed by atoms with Gasteiger partial charge in [0.15, 0.2) is 0 Å². The van der Waals surface area contributed by atoms with Gasteiger partial charge in [-0.15, -0.1) is 4.73 Å².